The van der Waals surface area contributed by atoms with Gasteiger partial charge >= 0.3 is 12.0 Å². The average molecular weight is 300 g/mol. The van der Waals surface area contributed by atoms with Gasteiger partial charge in [0.2, 0.25) is 0 Å². The Balaban J connectivity index is 2.07. The quantitative estimate of drug-likeness (QED) is 0.639. The fourth-order valence-electron chi connectivity index (χ4n) is 2.61. The summed E-state index contributed by atoms with van der Waals surface area (Å²) >= 11 is 0. The van der Waals surface area contributed by atoms with E-state index in [0.29, 0.717) is 12.5 Å². The topological polar surface area (TPSA) is 78.9 Å². The molecule has 0 bridgehead atoms. The number of rotatable bonds is 9. The van der Waals surface area contributed by atoms with Crippen LogP contribution in [-0.4, -0.2) is 55.4 Å². The second-order valence-corrected chi connectivity index (χ2v) is 5.65. The number of carboxylic acid groups (broad SMARTS) is 1. The highest BCUT2D eigenvalue weighted by molar-refractivity contribution is 5.74. The van der Waals surface area contributed by atoms with E-state index in [9.17, 15) is 9.59 Å². The van der Waals surface area contributed by atoms with Crippen LogP contribution >= 0.6 is 0 Å². The summed E-state index contributed by atoms with van der Waals surface area (Å²) < 4.78 is 4.98. The van der Waals surface area contributed by atoms with Crippen LogP contribution in [0.4, 0.5) is 4.79 Å². The van der Waals surface area contributed by atoms with Gasteiger partial charge in [0, 0.05) is 39.8 Å². The lowest BCUT2D eigenvalue weighted by Crippen LogP contribution is -2.44. The molecule has 0 radical (unpaired) electrons. The molecule has 21 heavy (non-hydrogen) atoms. The third-order valence-electron chi connectivity index (χ3n) is 3.97. The zero-order valence-electron chi connectivity index (χ0n) is 13.0. The predicted octanol–water partition coefficient (Wildman–Crippen LogP) is 2.09. The molecule has 6 heteroatoms. The Hall–Kier alpha value is -1.30. The number of amides is 2. The average Bonchev–Trinajstić information content (AvgIpc) is 2.49. The summed E-state index contributed by atoms with van der Waals surface area (Å²) in [6.45, 7) is 2.96. The van der Waals surface area contributed by atoms with E-state index in [2.05, 4.69) is 5.32 Å². The van der Waals surface area contributed by atoms with Crippen LogP contribution in [0.2, 0.25) is 0 Å². The van der Waals surface area contributed by atoms with E-state index in [1.807, 2.05) is 4.90 Å². The van der Waals surface area contributed by atoms with Crippen LogP contribution in [0.25, 0.3) is 0 Å². The van der Waals surface area contributed by atoms with Gasteiger partial charge in [-0.15, -0.1) is 0 Å². The summed E-state index contributed by atoms with van der Waals surface area (Å²) in [7, 11) is 1.70. The molecule has 1 heterocycles. The third-order valence-corrected chi connectivity index (χ3v) is 3.97. The number of carbonyl (C=O) groups excluding carboxylic acids is 1. The molecule has 0 saturated carbocycles. The maximum atomic E-state index is 12.0. The summed E-state index contributed by atoms with van der Waals surface area (Å²) in [6.07, 6.45) is 5.85. The molecule has 2 amide bonds. The summed E-state index contributed by atoms with van der Waals surface area (Å²) in [5.74, 6) is -0.289. The minimum Gasteiger partial charge on any atom is -0.481 e. The van der Waals surface area contributed by atoms with Gasteiger partial charge in [0.1, 0.15) is 0 Å². The fourth-order valence-corrected chi connectivity index (χ4v) is 2.61. The van der Waals surface area contributed by atoms with E-state index >= 15 is 0 Å². The number of likely N-dealkylation sites (tertiary alicyclic amines) is 1. The molecule has 122 valence electrons. The molecule has 0 aromatic heterocycles. The van der Waals surface area contributed by atoms with Crippen molar-refractivity contribution in [3.63, 3.8) is 0 Å². The number of hydrogen-bond donors (Lipinski definition) is 2. The number of carboxylic acids is 1. The number of aliphatic carboxylic acids is 1. The molecule has 0 unspecified atom stereocenters. The number of urea groups is 1. The van der Waals surface area contributed by atoms with Crippen molar-refractivity contribution in [2.75, 3.05) is 33.4 Å². The van der Waals surface area contributed by atoms with Crippen molar-refractivity contribution in [2.24, 2.45) is 5.92 Å². The van der Waals surface area contributed by atoms with E-state index in [-0.39, 0.29) is 12.5 Å². The highest BCUT2D eigenvalue weighted by atomic mass is 16.5. The number of nitrogens with zero attached hydrogens (tertiary/aromatic N) is 1. The largest absolute Gasteiger partial charge is 0.481 e. The van der Waals surface area contributed by atoms with Crippen molar-refractivity contribution in [3.8, 4) is 0 Å². The van der Waals surface area contributed by atoms with Crippen LogP contribution in [0.15, 0.2) is 0 Å². The molecule has 1 saturated heterocycles. The maximum absolute atomic E-state index is 12.0. The zero-order chi connectivity index (χ0) is 15.5. The first kappa shape index (κ1) is 17.8. The molecule has 0 aliphatic carbocycles. The molecule has 2 N–H and O–H groups in total. The summed E-state index contributed by atoms with van der Waals surface area (Å²) in [4.78, 5) is 24.3. The lowest BCUT2D eigenvalue weighted by molar-refractivity contribution is -0.137. The molecule has 1 fully saturated rings. The van der Waals surface area contributed by atoms with Gasteiger partial charge in [0.25, 0.3) is 0 Å². The number of carbonyl (C=O) groups is 2. The molecule has 0 spiro atoms. The van der Waals surface area contributed by atoms with Crippen LogP contribution in [0.5, 0.6) is 0 Å². The van der Waals surface area contributed by atoms with Crippen LogP contribution in [-0.2, 0) is 9.53 Å². The van der Waals surface area contributed by atoms with Gasteiger partial charge in [-0.1, -0.05) is 0 Å². The van der Waals surface area contributed by atoms with Crippen LogP contribution in [0, 0.1) is 5.92 Å². The van der Waals surface area contributed by atoms with Crippen molar-refractivity contribution >= 4 is 12.0 Å². The number of unbranched alkanes of at least 4 members (excludes halogenated alkanes) is 2. The van der Waals surface area contributed by atoms with E-state index < -0.39 is 5.97 Å². The van der Waals surface area contributed by atoms with Gasteiger partial charge in [-0.05, 0) is 44.4 Å². The van der Waals surface area contributed by atoms with Crippen molar-refractivity contribution < 1.29 is 19.4 Å². The number of hydrogen-bond acceptors (Lipinski definition) is 3. The molecule has 6 nitrogen and oxygen atoms in total. The van der Waals surface area contributed by atoms with Gasteiger partial charge in [-0.2, -0.15) is 0 Å². The molecule has 0 aromatic rings. The Morgan fingerprint density at radius 2 is 1.95 bits per heavy atom. The maximum Gasteiger partial charge on any atom is 0.317 e. The highest BCUT2D eigenvalue weighted by Crippen LogP contribution is 2.21. The third kappa shape index (κ3) is 7.90. The first-order valence-corrected chi connectivity index (χ1v) is 7.87. The monoisotopic (exact) mass is 300 g/mol. The molecule has 0 aromatic carbocycles. The van der Waals surface area contributed by atoms with Crippen molar-refractivity contribution in [3.05, 3.63) is 0 Å². The van der Waals surface area contributed by atoms with E-state index in [1.54, 1.807) is 7.11 Å². The first-order valence-electron chi connectivity index (χ1n) is 7.87. The zero-order valence-corrected chi connectivity index (χ0v) is 13.0. The van der Waals surface area contributed by atoms with Crippen molar-refractivity contribution in [1.29, 1.82) is 0 Å². The van der Waals surface area contributed by atoms with Crippen LogP contribution < -0.4 is 5.32 Å². The van der Waals surface area contributed by atoms with Crippen molar-refractivity contribution in [2.45, 2.75) is 44.9 Å². The van der Waals surface area contributed by atoms with E-state index in [0.717, 1.165) is 58.2 Å². The van der Waals surface area contributed by atoms with Gasteiger partial charge in [-0.3, -0.25) is 4.79 Å². The highest BCUT2D eigenvalue weighted by Gasteiger charge is 2.22. The molecule has 0 atom stereocenters. The lowest BCUT2D eigenvalue weighted by atomic mass is 9.92. The van der Waals surface area contributed by atoms with E-state index in [1.165, 1.54) is 0 Å². The lowest BCUT2D eigenvalue weighted by Gasteiger charge is -2.31. The van der Waals surface area contributed by atoms with E-state index in [4.69, 9.17) is 9.84 Å². The van der Waals surface area contributed by atoms with Gasteiger partial charge in [0.15, 0.2) is 0 Å². The Morgan fingerprint density at radius 3 is 2.57 bits per heavy atom. The molecular formula is C15H28N2O4. The minimum atomic E-state index is -0.733. The standard InChI is InChI=1S/C15H28N2O4/c1-21-12-4-2-3-9-16-15(20)17-10-7-13(8-11-17)5-6-14(18)19/h13H,2-12H2,1H3,(H,16,20)(H,18,19). The van der Waals surface area contributed by atoms with Gasteiger partial charge in [-0.25, -0.2) is 4.79 Å². The molecule has 1 aliphatic rings. The van der Waals surface area contributed by atoms with Gasteiger partial charge < -0.3 is 20.1 Å². The number of ether oxygens (including phenoxy) is 1. The second kappa shape index (κ2) is 10.4. The molecular weight excluding hydrogens is 272 g/mol. The molecule has 1 aliphatic heterocycles. The number of piperidine rings is 1. The minimum absolute atomic E-state index is 0.0124. The Labute approximate surface area is 126 Å². The summed E-state index contributed by atoms with van der Waals surface area (Å²) in [5, 5.41) is 11.6. The second-order valence-electron chi connectivity index (χ2n) is 5.65. The Morgan fingerprint density at radius 1 is 1.24 bits per heavy atom. The van der Waals surface area contributed by atoms with Gasteiger partial charge in [0.05, 0.1) is 0 Å². The fraction of sp³-hybridized carbons (Fsp3) is 0.867. The predicted molar refractivity (Wildman–Crippen MR) is 80.3 cm³/mol. The Kier molecular flexibility index (Phi) is 8.82. The van der Waals surface area contributed by atoms with Crippen molar-refractivity contribution in [1.82, 2.24) is 10.2 Å². The summed E-state index contributed by atoms with van der Waals surface area (Å²) in [5.41, 5.74) is 0. The van der Waals surface area contributed by atoms with Crippen LogP contribution in [0.3, 0.4) is 0 Å². The smallest absolute Gasteiger partial charge is 0.317 e. The number of methoxy groups -OCH3 is 1. The number of nitrogens with one attached hydrogen (secondary N) is 1. The molecule has 1 rings (SSSR count). The SMILES string of the molecule is COCCCCCNC(=O)N1CCC(CCC(=O)O)CC1. The van der Waals surface area contributed by atoms with Crippen LogP contribution in [0.1, 0.15) is 44.9 Å². The Bertz CT molecular complexity index is 315. The summed E-state index contributed by atoms with van der Waals surface area (Å²) in [6, 6.07) is 0.0124. The first-order chi connectivity index (χ1) is 10.1. The normalized spacial score (nSPS) is 16.0.